The topological polar surface area (TPSA) is 40.5 Å². The van der Waals surface area contributed by atoms with Crippen LogP contribution < -0.4 is 0 Å². The standard InChI is InChI=1S/C11H9F4NO2/c12-6-1-2-8(9(3-6)11(13,14)15)10(18)16-4-7(17)5-16/h1-3,7,17H,4-5H2. The van der Waals surface area contributed by atoms with E-state index in [1.54, 1.807) is 0 Å². The molecular formula is C11H9F4NO2. The van der Waals surface area contributed by atoms with Gasteiger partial charge in [-0.25, -0.2) is 4.39 Å². The van der Waals surface area contributed by atoms with Crippen LogP contribution in [0.5, 0.6) is 0 Å². The largest absolute Gasteiger partial charge is 0.417 e. The van der Waals surface area contributed by atoms with Gasteiger partial charge in [-0.2, -0.15) is 13.2 Å². The van der Waals surface area contributed by atoms with Crippen molar-refractivity contribution in [3.63, 3.8) is 0 Å². The van der Waals surface area contributed by atoms with Crippen LogP contribution >= 0.6 is 0 Å². The van der Waals surface area contributed by atoms with E-state index in [-0.39, 0.29) is 13.1 Å². The molecular weight excluding hydrogens is 254 g/mol. The highest BCUT2D eigenvalue weighted by molar-refractivity contribution is 5.96. The van der Waals surface area contributed by atoms with Gasteiger partial charge in [0.2, 0.25) is 0 Å². The molecule has 0 aromatic heterocycles. The Bertz CT molecular complexity index is 480. The minimum atomic E-state index is -4.80. The molecule has 98 valence electrons. The van der Waals surface area contributed by atoms with Crippen LogP contribution in [0.1, 0.15) is 15.9 Å². The number of halogens is 4. The third-order valence-corrected chi connectivity index (χ3v) is 2.67. The number of alkyl halides is 3. The molecule has 0 saturated carbocycles. The summed E-state index contributed by atoms with van der Waals surface area (Å²) in [5.41, 5.74) is -1.90. The SMILES string of the molecule is O=C(c1ccc(F)cc1C(F)(F)F)N1CC(O)C1. The van der Waals surface area contributed by atoms with Gasteiger partial charge >= 0.3 is 6.18 Å². The van der Waals surface area contributed by atoms with E-state index >= 15 is 0 Å². The molecule has 1 fully saturated rings. The van der Waals surface area contributed by atoms with Crippen molar-refractivity contribution < 1.29 is 27.5 Å². The van der Waals surface area contributed by atoms with Gasteiger partial charge in [-0.3, -0.25) is 4.79 Å². The van der Waals surface area contributed by atoms with Gasteiger partial charge in [0.25, 0.3) is 5.91 Å². The van der Waals surface area contributed by atoms with Gasteiger partial charge in [-0.15, -0.1) is 0 Å². The third-order valence-electron chi connectivity index (χ3n) is 2.67. The van der Waals surface area contributed by atoms with E-state index in [1.807, 2.05) is 0 Å². The zero-order chi connectivity index (χ0) is 13.5. The predicted molar refractivity (Wildman–Crippen MR) is 53.3 cm³/mol. The van der Waals surface area contributed by atoms with Crippen molar-refractivity contribution >= 4 is 5.91 Å². The van der Waals surface area contributed by atoms with Crippen molar-refractivity contribution in [1.82, 2.24) is 4.90 Å². The maximum atomic E-state index is 12.8. The first-order valence-electron chi connectivity index (χ1n) is 5.13. The molecule has 0 spiro atoms. The fraction of sp³-hybridized carbons (Fsp3) is 0.364. The molecule has 0 aliphatic carbocycles. The van der Waals surface area contributed by atoms with Crippen molar-refractivity contribution in [2.24, 2.45) is 0 Å². The average Bonchev–Trinajstić information content (AvgIpc) is 2.22. The summed E-state index contributed by atoms with van der Waals surface area (Å²) < 4.78 is 50.8. The second-order valence-corrected chi connectivity index (χ2v) is 4.05. The van der Waals surface area contributed by atoms with E-state index in [4.69, 9.17) is 5.11 Å². The summed E-state index contributed by atoms with van der Waals surface area (Å²) >= 11 is 0. The second-order valence-electron chi connectivity index (χ2n) is 4.05. The minimum Gasteiger partial charge on any atom is -0.389 e. The van der Waals surface area contributed by atoms with E-state index < -0.39 is 35.1 Å². The summed E-state index contributed by atoms with van der Waals surface area (Å²) in [5, 5.41) is 9.01. The number of nitrogens with zero attached hydrogens (tertiary/aromatic N) is 1. The molecule has 18 heavy (non-hydrogen) atoms. The smallest absolute Gasteiger partial charge is 0.389 e. The van der Waals surface area contributed by atoms with E-state index in [1.165, 1.54) is 0 Å². The maximum Gasteiger partial charge on any atom is 0.417 e. The minimum absolute atomic E-state index is 0.00644. The number of carbonyl (C=O) groups excluding carboxylic acids is 1. The normalized spacial score (nSPS) is 16.6. The Morgan fingerprint density at radius 2 is 1.94 bits per heavy atom. The summed E-state index contributed by atoms with van der Waals surface area (Å²) in [6.07, 6.45) is -5.50. The number of rotatable bonds is 1. The van der Waals surface area contributed by atoms with Gasteiger partial charge < -0.3 is 10.0 Å². The van der Waals surface area contributed by atoms with Crippen LogP contribution in [0.15, 0.2) is 18.2 Å². The molecule has 1 N–H and O–H groups in total. The highest BCUT2D eigenvalue weighted by Crippen LogP contribution is 2.33. The lowest BCUT2D eigenvalue weighted by Gasteiger charge is -2.36. The van der Waals surface area contributed by atoms with Crippen molar-refractivity contribution in [2.45, 2.75) is 12.3 Å². The van der Waals surface area contributed by atoms with Crippen LogP contribution in [0.3, 0.4) is 0 Å². The van der Waals surface area contributed by atoms with Gasteiger partial charge in [0.1, 0.15) is 5.82 Å². The van der Waals surface area contributed by atoms with Crippen molar-refractivity contribution in [3.8, 4) is 0 Å². The highest BCUT2D eigenvalue weighted by Gasteiger charge is 2.38. The Morgan fingerprint density at radius 3 is 2.44 bits per heavy atom. The second kappa shape index (κ2) is 4.24. The highest BCUT2D eigenvalue weighted by atomic mass is 19.4. The fourth-order valence-corrected chi connectivity index (χ4v) is 1.73. The number of likely N-dealkylation sites (tertiary alicyclic amines) is 1. The van der Waals surface area contributed by atoms with Crippen LogP contribution in [0.2, 0.25) is 0 Å². The van der Waals surface area contributed by atoms with Gasteiger partial charge in [-0.05, 0) is 18.2 Å². The van der Waals surface area contributed by atoms with Crippen LogP contribution in [0, 0.1) is 5.82 Å². The molecule has 7 heteroatoms. The maximum absolute atomic E-state index is 12.8. The molecule has 1 heterocycles. The van der Waals surface area contributed by atoms with Crippen LogP contribution in [0.25, 0.3) is 0 Å². The van der Waals surface area contributed by atoms with E-state index in [2.05, 4.69) is 0 Å². The molecule has 1 aliphatic heterocycles. The van der Waals surface area contributed by atoms with Crippen LogP contribution in [0.4, 0.5) is 17.6 Å². The number of hydrogen-bond acceptors (Lipinski definition) is 2. The summed E-state index contributed by atoms with van der Waals surface area (Å²) in [6.45, 7) is -0.0129. The number of benzene rings is 1. The molecule has 1 aliphatic rings. The number of carbonyl (C=O) groups is 1. The molecule has 1 saturated heterocycles. The molecule has 0 bridgehead atoms. The van der Waals surface area contributed by atoms with Gasteiger partial charge in [0.05, 0.1) is 17.2 Å². The fourth-order valence-electron chi connectivity index (χ4n) is 1.73. The third kappa shape index (κ3) is 2.31. The molecule has 0 unspecified atom stereocenters. The Balaban J connectivity index is 2.35. The molecule has 0 radical (unpaired) electrons. The quantitative estimate of drug-likeness (QED) is 0.783. The van der Waals surface area contributed by atoms with Crippen LogP contribution in [-0.4, -0.2) is 35.1 Å². The van der Waals surface area contributed by atoms with Gasteiger partial charge in [0.15, 0.2) is 0 Å². The monoisotopic (exact) mass is 263 g/mol. The first kappa shape index (κ1) is 12.8. The summed E-state index contributed by atoms with van der Waals surface area (Å²) in [6, 6.07) is 1.91. The summed E-state index contributed by atoms with van der Waals surface area (Å²) in [4.78, 5) is 12.8. The Morgan fingerprint density at radius 1 is 1.33 bits per heavy atom. The van der Waals surface area contributed by atoms with Crippen molar-refractivity contribution in [1.29, 1.82) is 0 Å². The number of aliphatic hydroxyl groups excluding tert-OH is 1. The molecule has 1 aromatic rings. The number of aliphatic hydroxyl groups is 1. The lowest BCUT2D eigenvalue weighted by molar-refractivity contribution is -0.138. The molecule has 3 nitrogen and oxygen atoms in total. The molecule has 1 amide bonds. The predicted octanol–water partition coefficient (Wildman–Crippen LogP) is 1.66. The van der Waals surface area contributed by atoms with Gasteiger partial charge in [0, 0.05) is 13.1 Å². The lowest BCUT2D eigenvalue weighted by atomic mass is 10.0. The van der Waals surface area contributed by atoms with Gasteiger partial charge in [-0.1, -0.05) is 0 Å². The zero-order valence-electron chi connectivity index (χ0n) is 9.04. The summed E-state index contributed by atoms with van der Waals surface area (Å²) in [7, 11) is 0. The molecule has 2 rings (SSSR count). The Labute approximate surface area is 99.6 Å². The first-order chi connectivity index (χ1) is 8.29. The van der Waals surface area contributed by atoms with Crippen molar-refractivity contribution in [2.75, 3.05) is 13.1 Å². The Kier molecular flexibility index (Phi) is 3.02. The van der Waals surface area contributed by atoms with E-state index in [9.17, 15) is 22.4 Å². The summed E-state index contributed by atoms with van der Waals surface area (Å²) in [5.74, 6) is -1.91. The number of β-amino-alcohol motifs (C(OH)–C–C–N with tert-alkyl or cyclic N) is 1. The first-order valence-corrected chi connectivity index (χ1v) is 5.13. The zero-order valence-corrected chi connectivity index (χ0v) is 9.04. The number of hydrogen-bond donors (Lipinski definition) is 1. The molecule has 1 aromatic carbocycles. The lowest BCUT2D eigenvalue weighted by Crippen LogP contribution is -2.53. The Hall–Kier alpha value is -1.63. The molecule has 0 atom stereocenters. The average molecular weight is 263 g/mol. The number of amides is 1. The van der Waals surface area contributed by atoms with Crippen molar-refractivity contribution in [3.05, 3.63) is 35.1 Å². The van der Waals surface area contributed by atoms with Crippen LogP contribution in [-0.2, 0) is 6.18 Å². The van der Waals surface area contributed by atoms with E-state index in [0.717, 1.165) is 17.0 Å². The van der Waals surface area contributed by atoms with E-state index in [0.29, 0.717) is 6.07 Å².